The van der Waals surface area contributed by atoms with Crippen LogP contribution in [0, 0.1) is 0 Å². The number of rotatable bonds is 4. The highest BCUT2D eigenvalue weighted by Crippen LogP contribution is 2.18. The number of likely N-dealkylation sites (tertiary alicyclic amines) is 1. The molecule has 1 fully saturated rings. The first kappa shape index (κ1) is 11.3. The molecule has 0 saturated carbocycles. The standard InChI is InChI=1S/C12H20N4/c1-3-13-12-8-14-11(7-15-12)9-16-6-4-5-10(16)2/h7-8,10H,3-6,9H2,1-2H3,(H,13,15). The summed E-state index contributed by atoms with van der Waals surface area (Å²) in [6.45, 7) is 7.35. The highest BCUT2D eigenvalue weighted by molar-refractivity contribution is 5.30. The Labute approximate surface area is 97.1 Å². The summed E-state index contributed by atoms with van der Waals surface area (Å²) in [5.41, 5.74) is 1.07. The van der Waals surface area contributed by atoms with Crippen LogP contribution in [0.1, 0.15) is 32.4 Å². The van der Waals surface area contributed by atoms with Crippen LogP contribution in [0.25, 0.3) is 0 Å². The second-order valence-electron chi connectivity index (χ2n) is 4.39. The van der Waals surface area contributed by atoms with Gasteiger partial charge in [0.05, 0.1) is 18.1 Å². The largest absolute Gasteiger partial charge is 0.369 e. The van der Waals surface area contributed by atoms with Gasteiger partial charge in [-0.1, -0.05) is 0 Å². The Balaban J connectivity index is 1.94. The van der Waals surface area contributed by atoms with Crippen molar-refractivity contribution in [3.63, 3.8) is 0 Å². The molecule has 0 amide bonds. The lowest BCUT2D eigenvalue weighted by Gasteiger charge is -2.20. The maximum atomic E-state index is 4.43. The van der Waals surface area contributed by atoms with E-state index in [9.17, 15) is 0 Å². The molecule has 2 heterocycles. The summed E-state index contributed by atoms with van der Waals surface area (Å²) in [6.07, 6.45) is 6.32. The minimum Gasteiger partial charge on any atom is -0.369 e. The predicted octanol–water partition coefficient (Wildman–Crippen LogP) is 1.89. The Kier molecular flexibility index (Phi) is 3.72. The van der Waals surface area contributed by atoms with Crippen LogP contribution in [0.3, 0.4) is 0 Å². The van der Waals surface area contributed by atoms with Gasteiger partial charge in [-0.25, -0.2) is 4.98 Å². The minimum atomic E-state index is 0.690. The average Bonchev–Trinajstić information content (AvgIpc) is 2.68. The fraction of sp³-hybridized carbons (Fsp3) is 0.667. The van der Waals surface area contributed by atoms with E-state index in [4.69, 9.17) is 0 Å². The molecule has 16 heavy (non-hydrogen) atoms. The highest BCUT2D eigenvalue weighted by Gasteiger charge is 2.20. The third-order valence-electron chi connectivity index (χ3n) is 3.12. The van der Waals surface area contributed by atoms with Gasteiger partial charge in [-0.15, -0.1) is 0 Å². The number of anilines is 1. The molecule has 1 aromatic rings. The van der Waals surface area contributed by atoms with Crippen LogP contribution in [0.4, 0.5) is 5.82 Å². The summed E-state index contributed by atoms with van der Waals surface area (Å²) in [6, 6.07) is 0.690. The van der Waals surface area contributed by atoms with E-state index in [1.165, 1.54) is 19.4 Å². The minimum absolute atomic E-state index is 0.690. The van der Waals surface area contributed by atoms with Crippen molar-refractivity contribution in [1.82, 2.24) is 14.9 Å². The van der Waals surface area contributed by atoms with Gasteiger partial charge in [0.15, 0.2) is 0 Å². The fourth-order valence-electron chi connectivity index (χ4n) is 2.14. The number of hydrogen-bond acceptors (Lipinski definition) is 4. The Morgan fingerprint density at radius 3 is 2.88 bits per heavy atom. The van der Waals surface area contributed by atoms with E-state index in [1.807, 2.05) is 12.4 Å². The van der Waals surface area contributed by atoms with Crippen molar-refractivity contribution >= 4 is 5.82 Å². The maximum Gasteiger partial charge on any atom is 0.144 e. The molecule has 1 aliphatic rings. The maximum absolute atomic E-state index is 4.43. The van der Waals surface area contributed by atoms with E-state index in [2.05, 4.69) is 34.0 Å². The lowest BCUT2D eigenvalue weighted by atomic mass is 10.2. The first-order valence-electron chi connectivity index (χ1n) is 6.08. The van der Waals surface area contributed by atoms with Crippen LogP contribution in [-0.4, -0.2) is 34.0 Å². The van der Waals surface area contributed by atoms with Crippen molar-refractivity contribution in [2.45, 2.75) is 39.3 Å². The van der Waals surface area contributed by atoms with Crippen molar-refractivity contribution < 1.29 is 0 Å². The average molecular weight is 220 g/mol. The number of aromatic nitrogens is 2. The zero-order chi connectivity index (χ0) is 11.4. The molecule has 1 unspecified atom stereocenters. The molecule has 0 bridgehead atoms. The molecular weight excluding hydrogens is 200 g/mol. The van der Waals surface area contributed by atoms with E-state index in [0.29, 0.717) is 6.04 Å². The third kappa shape index (κ3) is 2.70. The van der Waals surface area contributed by atoms with Gasteiger partial charge in [0, 0.05) is 19.1 Å². The molecule has 2 rings (SSSR count). The molecule has 1 aliphatic heterocycles. The van der Waals surface area contributed by atoms with Gasteiger partial charge in [0.2, 0.25) is 0 Å². The zero-order valence-electron chi connectivity index (χ0n) is 10.1. The molecule has 0 aliphatic carbocycles. The van der Waals surface area contributed by atoms with Crippen molar-refractivity contribution in [2.75, 3.05) is 18.4 Å². The van der Waals surface area contributed by atoms with E-state index < -0.39 is 0 Å². The SMILES string of the molecule is CCNc1cnc(CN2CCCC2C)cn1. The quantitative estimate of drug-likeness (QED) is 0.841. The van der Waals surface area contributed by atoms with Gasteiger partial charge in [-0.3, -0.25) is 9.88 Å². The van der Waals surface area contributed by atoms with Gasteiger partial charge in [-0.05, 0) is 33.2 Å². The number of hydrogen-bond donors (Lipinski definition) is 1. The lowest BCUT2D eigenvalue weighted by Crippen LogP contribution is -2.26. The van der Waals surface area contributed by atoms with Crippen LogP contribution in [-0.2, 0) is 6.54 Å². The van der Waals surface area contributed by atoms with Gasteiger partial charge in [0.1, 0.15) is 5.82 Å². The van der Waals surface area contributed by atoms with Crippen LogP contribution >= 0.6 is 0 Å². The second kappa shape index (κ2) is 5.25. The zero-order valence-corrected chi connectivity index (χ0v) is 10.1. The van der Waals surface area contributed by atoms with Gasteiger partial charge in [-0.2, -0.15) is 0 Å². The van der Waals surface area contributed by atoms with Crippen molar-refractivity contribution in [3.05, 3.63) is 18.1 Å². The van der Waals surface area contributed by atoms with Crippen LogP contribution in [0.2, 0.25) is 0 Å². The van der Waals surface area contributed by atoms with E-state index in [1.54, 1.807) is 0 Å². The Morgan fingerprint density at radius 1 is 1.44 bits per heavy atom. The summed E-state index contributed by atoms with van der Waals surface area (Å²) >= 11 is 0. The smallest absolute Gasteiger partial charge is 0.144 e. The molecule has 1 aromatic heterocycles. The van der Waals surface area contributed by atoms with Crippen LogP contribution in [0.15, 0.2) is 12.4 Å². The fourth-order valence-corrected chi connectivity index (χ4v) is 2.14. The summed E-state index contributed by atoms with van der Waals surface area (Å²) in [5.74, 6) is 0.862. The van der Waals surface area contributed by atoms with E-state index in [-0.39, 0.29) is 0 Å². The summed E-state index contributed by atoms with van der Waals surface area (Å²) in [7, 11) is 0. The first-order valence-corrected chi connectivity index (χ1v) is 6.08. The molecule has 88 valence electrons. The topological polar surface area (TPSA) is 41.1 Å². The summed E-state index contributed by atoms with van der Waals surface area (Å²) in [5, 5.41) is 3.15. The number of nitrogens with zero attached hydrogens (tertiary/aromatic N) is 3. The van der Waals surface area contributed by atoms with Gasteiger partial charge in [0.25, 0.3) is 0 Å². The van der Waals surface area contributed by atoms with Gasteiger partial charge >= 0.3 is 0 Å². The van der Waals surface area contributed by atoms with Crippen molar-refractivity contribution in [3.8, 4) is 0 Å². The third-order valence-corrected chi connectivity index (χ3v) is 3.12. The monoisotopic (exact) mass is 220 g/mol. The van der Waals surface area contributed by atoms with E-state index in [0.717, 1.165) is 24.6 Å². The molecule has 0 radical (unpaired) electrons. The van der Waals surface area contributed by atoms with Crippen LogP contribution < -0.4 is 5.32 Å². The van der Waals surface area contributed by atoms with Crippen molar-refractivity contribution in [2.24, 2.45) is 0 Å². The highest BCUT2D eigenvalue weighted by atomic mass is 15.2. The van der Waals surface area contributed by atoms with Crippen molar-refractivity contribution in [1.29, 1.82) is 0 Å². The Morgan fingerprint density at radius 2 is 2.31 bits per heavy atom. The van der Waals surface area contributed by atoms with E-state index >= 15 is 0 Å². The molecule has 0 aromatic carbocycles. The molecule has 0 spiro atoms. The predicted molar refractivity (Wildman–Crippen MR) is 65.3 cm³/mol. The molecular formula is C12H20N4. The molecule has 1 atom stereocenters. The molecule has 4 nitrogen and oxygen atoms in total. The lowest BCUT2D eigenvalue weighted by molar-refractivity contribution is 0.257. The molecule has 4 heteroatoms. The summed E-state index contributed by atoms with van der Waals surface area (Å²) < 4.78 is 0. The molecule has 1 N–H and O–H groups in total. The van der Waals surface area contributed by atoms with Gasteiger partial charge < -0.3 is 5.32 Å². The Hall–Kier alpha value is -1.16. The number of nitrogens with one attached hydrogen (secondary N) is 1. The normalized spacial score (nSPS) is 21.2. The molecule has 1 saturated heterocycles. The van der Waals surface area contributed by atoms with Crippen LogP contribution in [0.5, 0.6) is 0 Å². The second-order valence-corrected chi connectivity index (χ2v) is 4.39. The first-order chi connectivity index (χ1) is 7.79. The Bertz CT molecular complexity index is 322. The summed E-state index contributed by atoms with van der Waals surface area (Å²) in [4.78, 5) is 11.2.